The molecule has 0 unspecified atom stereocenters. The number of halogens is 1. The normalized spacial score (nSPS) is 10.1. The van der Waals surface area contributed by atoms with Gasteiger partial charge >= 0.3 is 0 Å². The molecule has 0 aliphatic rings. The van der Waals surface area contributed by atoms with Crippen LogP contribution in [0.1, 0.15) is 10.6 Å². The average molecular weight is 218 g/mol. The Morgan fingerprint density at radius 3 is 3.07 bits per heavy atom. The fraction of sp³-hybridized carbons (Fsp3) is 0.444. The minimum Gasteiger partial charge on any atom is -0.459 e. The van der Waals surface area contributed by atoms with Crippen molar-refractivity contribution in [3.05, 3.63) is 24.2 Å². The van der Waals surface area contributed by atoms with E-state index in [0.717, 1.165) is 0 Å². The van der Waals surface area contributed by atoms with Gasteiger partial charge in [-0.3, -0.25) is 4.79 Å². The summed E-state index contributed by atoms with van der Waals surface area (Å²) in [5.41, 5.74) is 0. The third-order valence-electron chi connectivity index (χ3n) is 1.50. The Balaban J connectivity index is 2.10. The maximum absolute atomic E-state index is 11.3. The Morgan fingerprint density at radius 1 is 1.57 bits per heavy atom. The van der Waals surface area contributed by atoms with E-state index in [0.29, 0.717) is 31.4 Å². The van der Waals surface area contributed by atoms with Crippen LogP contribution in [0.3, 0.4) is 0 Å². The van der Waals surface area contributed by atoms with Gasteiger partial charge in [-0.2, -0.15) is 0 Å². The van der Waals surface area contributed by atoms with E-state index >= 15 is 0 Å². The zero-order chi connectivity index (χ0) is 10.2. The molecule has 1 aromatic heterocycles. The zero-order valence-corrected chi connectivity index (χ0v) is 8.42. The first-order chi connectivity index (χ1) is 6.84. The van der Waals surface area contributed by atoms with E-state index in [-0.39, 0.29) is 5.91 Å². The molecule has 0 aliphatic carbocycles. The van der Waals surface area contributed by atoms with E-state index in [1.807, 2.05) is 0 Å². The predicted molar refractivity (Wildman–Crippen MR) is 52.6 cm³/mol. The third kappa shape index (κ3) is 3.81. The number of nitrogens with one attached hydrogen (secondary N) is 1. The molecule has 1 rings (SSSR count). The number of carbonyl (C=O) groups excluding carboxylic acids is 1. The Labute approximate surface area is 87.2 Å². The summed E-state index contributed by atoms with van der Waals surface area (Å²) in [5.74, 6) is 0.540. The van der Waals surface area contributed by atoms with Crippen LogP contribution in [0.2, 0.25) is 0 Å². The van der Waals surface area contributed by atoms with E-state index in [9.17, 15) is 4.79 Å². The van der Waals surface area contributed by atoms with E-state index < -0.39 is 0 Å². The summed E-state index contributed by atoms with van der Waals surface area (Å²) in [7, 11) is 0. The molecule has 0 aromatic carbocycles. The lowest BCUT2D eigenvalue weighted by atomic mass is 10.4. The van der Waals surface area contributed by atoms with Crippen LogP contribution in [0.25, 0.3) is 0 Å². The molecule has 0 saturated carbocycles. The molecular weight excluding hydrogens is 206 g/mol. The highest BCUT2D eigenvalue weighted by Gasteiger charge is 2.06. The maximum atomic E-state index is 11.3. The summed E-state index contributed by atoms with van der Waals surface area (Å²) in [6.45, 7) is 1.41. The maximum Gasteiger partial charge on any atom is 0.287 e. The van der Waals surface area contributed by atoms with Crippen LogP contribution in [0.5, 0.6) is 0 Å². The van der Waals surface area contributed by atoms with Crippen molar-refractivity contribution < 1.29 is 13.9 Å². The van der Waals surface area contributed by atoms with E-state index in [4.69, 9.17) is 20.8 Å². The van der Waals surface area contributed by atoms with Crippen LogP contribution in [-0.4, -0.2) is 31.5 Å². The van der Waals surface area contributed by atoms with Crippen molar-refractivity contribution in [1.29, 1.82) is 0 Å². The van der Waals surface area contributed by atoms with Gasteiger partial charge in [-0.15, -0.1) is 11.6 Å². The summed E-state index contributed by atoms with van der Waals surface area (Å²) < 4.78 is 9.97. The molecule has 5 heteroatoms. The van der Waals surface area contributed by atoms with Crippen LogP contribution in [-0.2, 0) is 4.74 Å². The standard InChI is InChI=1S/C9H12ClNO3/c10-3-6-13-7-4-11-9(12)8-2-1-5-14-8/h1-2,5H,3-4,6-7H2,(H,11,12). The highest BCUT2D eigenvalue weighted by atomic mass is 35.5. The van der Waals surface area contributed by atoms with Gasteiger partial charge < -0.3 is 14.5 Å². The molecule has 78 valence electrons. The van der Waals surface area contributed by atoms with Crippen molar-refractivity contribution in [2.45, 2.75) is 0 Å². The highest BCUT2D eigenvalue weighted by molar-refractivity contribution is 6.17. The van der Waals surface area contributed by atoms with E-state index in [1.165, 1.54) is 6.26 Å². The lowest BCUT2D eigenvalue weighted by Crippen LogP contribution is -2.27. The van der Waals surface area contributed by atoms with Gasteiger partial charge in [-0.05, 0) is 12.1 Å². The predicted octanol–water partition coefficient (Wildman–Crippen LogP) is 1.26. The topological polar surface area (TPSA) is 51.5 Å². The molecule has 1 amide bonds. The highest BCUT2D eigenvalue weighted by Crippen LogP contribution is 1.98. The molecule has 1 N–H and O–H groups in total. The number of rotatable bonds is 6. The average Bonchev–Trinajstić information content (AvgIpc) is 2.70. The van der Waals surface area contributed by atoms with Crippen molar-refractivity contribution in [3.8, 4) is 0 Å². The molecular formula is C9H12ClNO3. The Hall–Kier alpha value is -1.00. The van der Waals surface area contributed by atoms with Gasteiger partial charge in [0.2, 0.25) is 0 Å². The minimum atomic E-state index is -0.232. The summed E-state index contributed by atoms with van der Waals surface area (Å²) in [5, 5.41) is 2.64. The zero-order valence-electron chi connectivity index (χ0n) is 7.66. The van der Waals surface area contributed by atoms with Gasteiger partial charge in [0.25, 0.3) is 5.91 Å². The SMILES string of the molecule is O=C(NCCOCCCl)c1ccco1. The lowest BCUT2D eigenvalue weighted by molar-refractivity contribution is 0.0896. The van der Waals surface area contributed by atoms with Gasteiger partial charge in [0.05, 0.1) is 19.5 Å². The number of hydrogen-bond acceptors (Lipinski definition) is 3. The first kappa shape index (κ1) is 11.1. The first-order valence-electron chi connectivity index (χ1n) is 4.30. The van der Waals surface area contributed by atoms with Gasteiger partial charge in [0, 0.05) is 12.4 Å². The number of amides is 1. The molecule has 0 fully saturated rings. The van der Waals surface area contributed by atoms with Crippen molar-refractivity contribution in [2.75, 3.05) is 25.6 Å². The Morgan fingerprint density at radius 2 is 2.43 bits per heavy atom. The largest absolute Gasteiger partial charge is 0.459 e. The van der Waals surface area contributed by atoms with E-state index in [2.05, 4.69) is 5.32 Å². The van der Waals surface area contributed by atoms with Crippen LogP contribution in [0.4, 0.5) is 0 Å². The van der Waals surface area contributed by atoms with Gasteiger partial charge in [-0.1, -0.05) is 0 Å². The Kier molecular flexibility index (Phi) is 5.11. The van der Waals surface area contributed by atoms with Crippen molar-refractivity contribution in [3.63, 3.8) is 0 Å². The number of furan rings is 1. The number of hydrogen-bond donors (Lipinski definition) is 1. The summed E-state index contributed by atoms with van der Waals surface area (Å²) in [6.07, 6.45) is 1.46. The fourth-order valence-electron chi connectivity index (χ4n) is 0.888. The second-order valence-electron chi connectivity index (χ2n) is 2.53. The second-order valence-corrected chi connectivity index (χ2v) is 2.91. The molecule has 0 atom stereocenters. The van der Waals surface area contributed by atoms with Crippen LogP contribution in [0.15, 0.2) is 22.8 Å². The van der Waals surface area contributed by atoms with Gasteiger partial charge in [0.1, 0.15) is 0 Å². The molecule has 4 nitrogen and oxygen atoms in total. The van der Waals surface area contributed by atoms with E-state index in [1.54, 1.807) is 12.1 Å². The lowest BCUT2D eigenvalue weighted by Gasteiger charge is -2.03. The fourth-order valence-corrected chi connectivity index (χ4v) is 0.997. The summed E-state index contributed by atoms with van der Waals surface area (Å²) in [4.78, 5) is 11.3. The summed E-state index contributed by atoms with van der Waals surface area (Å²) >= 11 is 5.40. The molecule has 14 heavy (non-hydrogen) atoms. The smallest absolute Gasteiger partial charge is 0.287 e. The molecule has 1 heterocycles. The third-order valence-corrected chi connectivity index (χ3v) is 1.65. The molecule has 1 aromatic rings. The van der Waals surface area contributed by atoms with Crippen molar-refractivity contribution >= 4 is 17.5 Å². The van der Waals surface area contributed by atoms with Gasteiger partial charge in [0.15, 0.2) is 5.76 Å². The minimum absolute atomic E-state index is 0.232. The number of alkyl halides is 1. The summed E-state index contributed by atoms with van der Waals surface area (Å²) in [6, 6.07) is 3.27. The second kappa shape index (κ2) is 6.45. The molecule has 0 spiro atoms. The van der Waals surface area contributed by atoms with Gasteiger partial charge in [-0.25, -0.2) is 0 Å². The van der Waals surface area contributed by atoms with Crippen molar-refractivity contribution in [1.82, 2.24) is 5.32 Å². The van der Waals surface area contributed by atoms with Crippen molar-refractivity contribution in [2.24, 2.45) is 0 Å². The van der Waals surface area contributed by atoms with Crippen LogP contribution < -0.4 is 5.32 Å². The Bertz CT molecular complexity index is 261. The molecule has 0 radical (unpaired) electrons. The monoisotopic (exact) mass is 217 g/mol. The quantitative estimate of drug-likeness (QED) is 0.577. The molecule has 0 bridgehead atoms. The number of ether oxygens (including phenoxy) is 1. The first-order valence-corrected chi connectivity index (χ1v) is 4.83. The number of carbonyl (C=O) groups is 1. The van der Waals surface area contributed by atoms with Crippen LogP contribution >= 0.6 is 11.6 Å². The molecule has 0 saturated heterocycles. The molecule has 0 aliphatic heterocycles. The van der Waals surface area contributed by atoms with Crippen LogP contribution in [0, 0.1) is 0 Å².